The molecule has 3 aliphatic carbocycles. The molecule has 338 valence electrons. The number of nitrogens with one attached hydrogen (secondary N) is 1. The fraction of sp³-hybridized carbons (Fsp3) is 0.727. The number of hydrogen-bond donors (Lipinski definition) is 3. The fourth-order valence-electron chi connectivity index (χ4n) is 10.8. The Labute approximate surface area is 354 Å². The van der Waals surface area contributed by atoms with Crippen molar-refractivity contribution in [3.8, 4) is 0 Å². The van der Waals surface area contributed by atoms with Crippen LogP contribution in [-0.2, 0) is 42.7 Å². The van der Waals surface area contributed by atoms with Crippen molar-refractivity contribution in [3.63, 3.8) is 0 Å². The van der Waals surface area contributed by atoms with Gasteiger partial charge < -0.3 is 48.7 Å². The van der Waals surface area contributed by atoms with Crippen LogP contribution in [0.4, 0.5) is 13.6 Å². The Kier molecular flexibility index (Phi) is 11.7. The number of amides is 1. The molecule has 1 aromatic carbocycles. The van der Waals surface area contributed by atoms with E-state index in [1.54, 1.807) is 51.1 Å². The summed E-state index contributed by atoms with van der Waals surface area (Å²) in [5.74, 6) is -7.77. The van der Waals surface area contributed by atoms with Crippen LogP contribution in [0.1, 0.15) is 98.4 Å². The van der Waals surface area contributed by atoms with E-state index in [2.05, 4.69) is 4.90 Å². The first kappa shape index (κ1) is 45.3. The van der Waals surface area contributed by atoms with Gasteiger partial charge in [-0.15, -0.1) is 0 Å². The van der Waals surface area contributed by atoms with Crippen molar-refractivity contribution in [1.82, 2.24) is 10.2 Å². The topological polar surface area (TPSA) is 189 Å². The van der Waals surface area contributed by atoms with Crippen LogP contribution in [-0.4, -0.2) is 137 Å². The summed E-state index contributed by atoms with van der Waals surface area (Å²) in [5, 5.41) is 26.9. The van der Waals surface area contributed by atoms with Gasteiger partial charge in [-0.1, -0.05) is 39.0 Å². The SMILES string of the molecule is CC(=O)O[C@@]12CO[C@@H]1CC[C@@]1(C)[C@@H]3O[C@H](CN4CCC4)O[C@@H]3C3=C(C)[C@@H](OC(=O)[C@H](O)[C@@H](NC(=O)OC(C)(C)C)C(C)(F)F)C[C@@](O)([C@@H](OC(=O)c4ccccc4)[C@@H]12)C3(C)C. The number of rotatable bonds is 10. The highest BCUT2D eigenvalue weighted by atomic mass is 19.3. The van der Waals surface area contributed by atoms with Crippen LogP contribution in [0.3, 0.4) is 0 Å². The van der Waals surface area contributed by atoms with Crippen molar-refractivity contribution >= 4 is 24.0 Å². The van der Waals surface area contributed by atoms with Gasteiger partial charge in [-0.05, 0) is 83.3 Å². The molecule has 1 aromatic rings. The predicted molar refractivity (Wildman–Crippen MR) is 211 cm³/mol. The maximum atomic E-state index is 15.1. The van der Waals surface area contributed by atoms with Crippen molar-refractivity contribution in [2.45, 2.75) is 160 Å². The highest BCUT2D eigenvalue weighted by Crippen LogP contribution is 2.66. The van der Waals surface area contributed by atoms with Gasteiger partial charge in [-0.3, -0.25) is 9.69 Å². The Morgan fingerprint density at radius 2 is 1.70 bits per heavy atom. The summed E-state index contributed by atoms with van der Waals surface area (Å²) >= 11 is 0. The summed E-state index contributed by atoms with van der Waals surface area (Å²) in [6.45, 7) is 15.5. The Balaban J connectivity index is 1.37. The number of likely N-dealkylation sites (tertiary alicyclic amines) is 1. The van der Waals surface area contributed by atoms with Gasteiger partial charge in [0.2, 0.25) is 0 Å². The van der Waals surface area contributed by atoms with Gasteiger partial charge in [0.25, 0.3) is 5.92 Å². The Hall–Kier alpha value is -3.74. The van der Waals surface area contributed by atoms with E-state index in [0.29, 0.717) is 37.5 Å². The molecule has 0 spiro atoms. The summed E-state index contributed by atoms with van der Waals surface area (Å²) in [6.07, 6.45) is -8.50. The minimum atomic E-state index is -3.84. The zero-order chi connectivity index (χ0) is 44.7. The molecule has 3 aliphatic heterocycles. The third kappa shape index (κ3) is 7.96. The Morgan fingerprint density at radius 1 is 1.03 bits per heavy atom. The minimum absolute atomic E-state index is 0.0769. The third-order valence-electron chi connectivity index (χ3n) is 13.9. The minimum Gasteiger partial charge on any atom is -0.456 e. The number of alkyl carbamates (subject to hydrolysis) is 1. The number of aliphatic hydroxyl groups excluding tert-OH is 1. The summed E-state index contributed by atoms with van der Waals surface area (Å²) in [5.41, 5.74) is -6.01. The van der Waals surface area contributed by atoms with E-state index >= 15 is 8.78 Å². The molecule has 15 nitrogen and oxygen atoms in total. The van der Waals surface area contributed by atoms with E-state index in [9.17, 15) is 29.4 Å². The maximum Gasteiger partial charge on any atom is 0.408 e. The molecule has 2 bridgehead atoms. The molecule has 1 amide bonds. The number of alkyl halides is 2. The normalized spacial score (nSPS) is 36.5. The quantitative estimate of drug-likeness (QED) is 0.170. The highest BCUT2D eigenvalue weighted by molar-refractivity contribution is 5.89. The molecule has 0 unspecified atom stereocenters. The summed E-state index contributed by atoms with van der Waals surface area (Å²) in [4.78, 5) is 56.3. The van der Waals surface area contributed by atoms with Crippen molar-refractivity contribution in [1.29, 1.82) is 0 Å². The smallest absolute Gasteiger partial charge is 0.408 e. The number of benzene rings is 1. The molecule has 0 aromatic heterocycles. The standard InChI is InChI=1S/C44H60F2N2O13/c1-23-26(56-37(52)30(50)33(42(9,45)46)47-38(53)61-39(3,4)5)20-44(54)35(59-36(51)25-14-11-10-12-15-25)32-41(8,17-16-27-43(32,22-55-27)60-24(2)49)34-31(29(23)40(44,6)7)57-28(58-34)21-48-18-13-19-48/h10-12,14-15,26-28,30-35,50,54H,13,16-22H2,1-9H3,(H,47,53)/t26-,27+,28+,30+,31+,32-,33+,34+,35-,41+,43-,44+/m0/s1. The lowest BCUT2D eigenvalue weighted by molar-refractivity contribution is -0.345. The van der Waals surface area contributed by atoms with Gasteiger partial charge in [0.1, 0.15) is 41.7 Å². The number of hydrogen-bond acceptors (Lipinski definition) is 14. The lowest BCUT2D eigenvalue weighted by Crippen LogP contribution is -2.79. The molecule has 6 aliphatic rings. The molecule has 3 heterocycles. The molecule has 12 atom stereocenters. The highest BCUT2D eigenvalue weighted by Gasteiger charge is 2.77. The maximum absolute atomic E-state index is 15.1. The second-order valence-electron chi connectivity index (χ2n) is 19.6. The van der Waals surface area contributed by atoms with Gasteiger partial charge in [0, 0.05) is 37.6 Å². The van der Waals surface area contributed by atoms with Crippen molar-refractivity contribution in [2.75, 3.05) is 26.2 Å². The average Bonchev–Trinajstić information content (AvgIpc) is 3.54. The Bertz CT molecular complexity index is 1910. The summed E-state index contributed by atoms with van der Waals surface area (Å²) in [7, 11) is 0. The van der Waals surface area contributed by atoms with E-state index in [4.69, 9.17) is 33.2 Å². The number of carbonyl (C=O) groups is 4. The van der Waals surface area contributed by atoms with Crippen LogP contribution in [0, 0.1) is 16.7 Å². The second kappa shape index (κ2) is 15.8. The first-order chi connectivity index (χ1) is 28.3. The number of halogens is 2. The van der Waals surface area contributed by atoms with Gasteiger partial charge in [-0.2, -0.15) is 0 Å². The molecule has 61 heavy (non-hydrogen) atoms. The molecule has 7 rings (SSSR count). The van der Waals surface area contributed by atoms with Gasteiger partial charge in [0.05, 0.1) is 24.2 Å². The monoisotopic (exact) mass is 862 g/mol. The molecule has 0 radical (unpaired) electrons. The molecular formula is C44H60F2N2O13. The number of carbonyl (C=O) groups excluding carboxylic acids is 4. The second-order valence-corrected chi connectivity index (χ2v) is 19.6. The fourth-order valence-corrected chi connectivity index (χ4v) is 10.8. The zero-order valence-electron chi connectivity index (χ0n) is 36.3. The van der Waals surface area contributed by atoms with E-state index in [1.807, 2.05) is 12.2 Å². The summed E-state index contributed by atoms with van der Waals surface area (Å²) < 4.78 is 74.0. The van der Waals surface area contributed by atoms with Crippen molar-refractivity contribution in [2.24, 2.45) is 16.7 Å². The van der Waals surface area contributed by atoms with Gasteiger partial charge in [-0.25, -0.2) is 23.2 Å². The van der Waals surface area contributed by atoms with Crippen molar-refractivity contribution < 1.29 is 71.3 Å². The first-order valence-corrected chi connectivity index (χ1v) is 21.1. The summed E-state index contributed by atoms with van der Waals surface area (Å²) in [6, 6.07) is 5.72. The average molecular weight is 863 g/mol. The molecule has 17 heteroatoms. The van der Waals surface area contributed by atoms with Crippen LogP contribution >= 0.6 is 0 Å². The predicted octanol–water partition coefficient (Wildman–Crippen LogP) is 4.46. The third-order valence-corrected chi connectivity index (χ3v) is 13.9. The number of fused-ring (bicyclic) bond motifs is 8. The van der Waals surface area contributed by atoms with Gasteiger partial charge in [0.15, 0.2) is 18.0 Å². The molecule has 3 N–H and O–H groups in total. The van der Waals surface area contributed by atoms with E-state index in [0.717, 1.165) is 19.5 Å². The lowest BCUT2D eigenvalue weighted by Gasteiger charge is -2.68. The van der Waals surface area contributed by atoms with E-state index in [1.165, 1.54) is 27.7 Å². The molecule has 5 fully saturated rings. The largest absolute Gasteiger partial charge is 0.456 e. The van der Waals surface area contributed by atoms with Crippen molar-refractivity contribution in [3.05, 3.63) is 47.0 Å². The molecule has 3 saturated heterocycles. The number of ether oxygens (including phenoxy) is 7. The molecule has 2 saturated carbocycles. The van der Waals surface area contributed by atoms with E-state index in [-0.39, 0.29) is 12.2 Å². The van der Waals surface area contributed by atoms with Crippen LogP contribution < -0.4 is 5.32 Å². The van der Waals surface area contributed by atoms with Crippen LogP contribution in [0.25, 0.3) is 0 Å². The molecular weight excluding hydrogens is 802 g/mol. The number of esters is 3. The van der Waals surface area contributed by atoms with Crippen LogP contribution in [0.2, 0.25) is 0 Å². The van der Waals surface area contributed by atoms with Crippen LogP contribution in [0.15, 0.2) is 41.5 Å². The van der Waals surface area contributed by atoms with Crippen LogP contribution in [0.5, 0.6) is 0 Å². The van der Waals surface area contributed by atoms with E-state index < -0.39 is 119 Å². The van der Waals surface area contributed by atoms with Gasteiger partial charge >= 0.3 is 24.0 Å². The number of nitrogens with zero attached hydrogens (tertiary/aromatic N) is 1. The lowest BCUT2D eigenvalue weighted by atomic mass is 9.45. The zero-order valence-corrected chi connectivity index (χ0v) is 36.3. The first-order valence-electron chi connectivity index (χ1n) is 21.1. The Morgan fingerprint density at radius 3 is 2.26 bits per heavy atom. The number of aliphatic hydroxyl groups is 2.